The van der Waals surface area contributed by atoms with Crippen LogP contribution in [0.1, 0.15) is 12.2 Å². The number of aliphatic hydroxyl groups is 2. The molecule has 2 aliphatic rings. The molecule has 2 aliphatic heterocycles. The summed E-state index contributed by atoms with van der Waals surface area (Å²) in [7, 11) is 0. The third kappa shape index (κ3) is 1.47. The maximum Gasteiger partial charge on any atom is 0.232 e. The average molecular weight is 238 g/mol. The molecule has 5 atom stereocenters. The Hall–Kier alpha value is -1.14. The van der Waals surface area contributed by atoms with Crippen molar-refractivity contribution < 1.29 is 24.1 Å². The lowest BCUT2D eigenvalue weighted by atomic mass is 9.95. The lowest BCUT2D eigenvalue weighted by Crippen LogP contribution is -2.49. The first-order chi connectivity index (χ1) is 8.16. The minimum Gasteiger partial charge on any atom is -0.464 e. The molecule has 92 valence electrons. The van der Waals surface area contributed by atoms with Gasteiger partial charge in [0.05, 0.1) is 12.4 Å². The summed E-state index contributed by atoms with van der Waals surface area (Å²) in [6.07, 6.45) is 0.296. The van der Waals surface area contributed by atoms with Crippen LogP contribution in [-0.2, 0) is 15.3 Å². The van der Waals surface area contributed by atoms with Crippen LogP contribution in [0.3, 0.4) is 0 Å². The molecule has 5 nitrogen and oxygen atoms in total. The molecule has 0 spiro atoms. The highest BCUT2D eigenvalue weighted by Crippen LogP contribution is 2.47. The van der Waals surface area contributed by atoms with Crippen molar-refractivity contribution in [3.05, 3.63) is 36.8 Å². The fourth-order valence-electron chi connectivity index (χ4n) is 2.47. The van der Waals surface area contributed by atoms with Crippen LogP contribution in [0.5, 0.6) is 0 Å². The van der Waals surface area contributed by atoms with Crippen LogP contribution < -0.4 is 0 Å². The largest absolute Gasteiger partial charge is 0.464 e. The smallest absolute Gasteiger partial charge is 0.232 e. The van der Waals surface area contributed by atoms with Crippen LogP contribution in [0, 0.1) is 0 Å². The molecular formula is C12H14O5. The maximum atomic E-state index is 9.85. The number of rotatable bonds is 2. The van der Waals surface area contributed by atoms with Gasteiger partial charge in [-0.15, -0.1) is 6.58 Å². The number of ether oxygens (including phenoxy) is 2. The van der Waals surface area contributed by atoms with E-state index in [9.17, 15) is 10.2 Å². The molecule has 1 aromatic heterocycles. The van der Waals surface area contributed by atoms with Gasteiger partial charge in [0.1, 0.15) is 18.3 Å². The van der Waals surface area contributed by atoms with Crippen molar-refractivity contribution in [1.29, 1.82) is 0 Å². The van der Waals surface area contributed by atoms with Gasteiger partial charge in [0, 0.05) is 6.42 Å². The van der Waals surface area contributed by atoms with E-state index in [0.29, 0.717) is 5.76 Å². The van der Waals surface area contributed by atoms with E-state index in [0.717, 1.165) is 0 Å². The van der Waals surface area contributed by atoms with Crippen molar-refractivity contribution in [3.8, 4) is 0 Å². The maximum absolute atomic E-state index is 9.85. The Morgan fingerprint density at radius 1 is 1.41 bits per heavy atom. The molecule has 1 aromatic rings. The molecule has 3 rings (SSSR count). The van der Waals surface area contributed by atoms with Crippen LogP contribution >= 0.6 is 0 Å². The fraction of sp³-hybridized carbons (Fsp3) is 0.500. The van der Waals surface area contributed by atoms with E-state index in [2.05, 4.69) is 6.58 Å². The molecule has 2 fully saturated rings. The van der Waals surface area contributed by atoms with Gasteiger partial charge >= 0.3 is 0 Å². The van der Waals surface area contributed by atoms with Gasteiger partial charge in [-0.2, -0.15) is 0 Å². The summed E-state index contributed by atoms with van der Waals surface area (Å²) >= 11 is 0. The number of furan rings is 1. The third-order valence-electron chi connectivity index (χ3n) is 3.31. The Labute approximate surface area is 98.3 Å². The molecule has 0 aliphatic carbocycles. The summed E-state index contributed by atoms with van der Waals surface area (Å²) in [5.74, 6) is -0.608. The zero-order valence-corrected chi connectivity index (χ0v) is 9.15. The van der Waals surface area contributed by atoms with E-state index >= 15 is 0 Å². The second-order valence-electron chi connectivity index (χ2n) is 4.39. The van der Waals surface area contributed by atoms with Gasteiger partial charge in [-0.05, 0) is 12.1 Å². The topological polar surface area (TPSA) is 72.1 Å². The molecule has 5 heteroatoms. The molecule has 2 saturated heterocycles. The summed E-state index contributed by atoms with van der Waals surface area (Å²) in [5.41, 5.74) is 0. The zero-order valence-electron chi connectivity index (χ0n) is 9.15. The van der Waals surface area contributed by atoms with Crippen LogP contribution in [0.25, 0.3) is 0 Å². The predicted octanol–water partition coefficient (Wildman–Crippen LogP) is 0.528. The minimum atomic E-state index is -1.11. The Kier molecular flexibility index (Phi) is 2.38. The lowest BCUT2D eigenvalue weighted by Gasteiger charge is -2.35. The Morgan fingerprint density at radius 3 is 2.88 bits per heavy atom. The Balaban J connectivity index is 2.00. The van der Waals surface area contributed by atoms with Crippen molar-refractivity contribution >= 4 is 0 Å². The van der Waals surface area contributed by atoms with Gasteiger partial charge in [0.15, 0.2) is 5.76 Å². The van der Waals surface area contributed by atoms with Crippen molar-refractivity contribution in [2.75, 3.05) is 0 Å². The van der Waals surface area contributed by atoms with Gasteiger partial charge in [-0.25, -0.2) is 0 Å². The average Bonchev–Trinajstić information content (AvgIpc) is 2.93. The molecule has 2 N–H and O–H groups in total. The van der Waals surface area contributed by atoms with Crippen molar-refractivity contribution in [2.45, 2.75) is 36.6 Å². The van der Waals surface area contributed by atoms with Gasteiger partial charge in [0.2, 0.25) is 5.79 Å². The van der Waals surface area contributed by atoms with Gasteiger partial charge in [-0.1, -0.05) is 6.08 Å². The SMILES string of the molecule is C=C[C@H]1O[C@]2(c3ccco3)C[C@@H](O)[C@@H](O)[C@H]1O2. The molecule has 17 heavy (non-hydrogen) atoms. The summed E-state index contributed by atoms with van der Waals surface area (Å²) in [4.78, 5) is 0. The summed E-state index contributed by atoms with van der Waals surface area (Å²) in [6, 6.07) is 3.46. The normalized spacial score (nSPS) is 44.8. The standard InChI is InChI=1S/C12H14O5/c1-2-8-11-10(14)7(13)6-12(16-8,17-11)9-4-3-5-15-9/h2-5,7-8,10-11,13-14H,1,6H2/t7-,8-,10-,11+,12-/m1/s1. The Bertz CT molecular complexity index is 415. The second-order valence-corrected chi connectivity index (χ2v) is 4.39. The van der Waals surface area contributed by atoms with Crippen LogP contribution in [0.15, 0.2) is 35.5 Å². The van der Waals surface area contributed by atoms with E-state index < -0.39 is 30.2 Å². The highest BCUT2D eigenvalue weighted by Gasteiger charge is 2.58. The monoisotopic (exact) mass is 238 g/mol. The summed E-state index contributed by atoms with van der Waals surface area (Å²) < 4.78 is 16.8. The van der Waals surface area contributed by atoms with E-state index in [1.54, 1.807) is 18.2 Å². The van der Waals surface area contributed by atoms with Gasteiger partial charge in [0.25, 0.3) is 0 Å². The molecular weight excluding hydrogens is 224 g/mol. The second kappa shape index (κ2) is 3.68. The predicted molar refractivity (Wildman–Crippen MR) is 57.0 cm³/mol. The van der Waals surface area contributed by atoms with Crippen molar-refractivity contribution in [3.63, 3.8) is 0 Å². The third-order valence-corrected chi connectivity index (χ3v) is 3.31. The summed E-state index contributed by atoms with van der Waals surface area (Å²) in [5, 5.41) is 19.7. The highest BCUT2D eigenvalue weighted by molar-refractivity contribution is 5.15. The van der Waals surface area contributed by atoms with Crippen LogP contribution in [-0.4, -0.2) is 34.6 Å². The zero-order chi connectivity index (χ0) is 12.0. The Morgan fingerprint density at radius 2 is 2.24 bits per heavy atom. The first-order valence-electron chi connectivity index (χ1n) is 5.54. The molecule has 0 unspecified atom stereocenters. The van der Waals surface area contributed by atoms with E-state index in [4.69, 9.17) is 13.9 Å². The number of aliphatic hydroxyl groups excluding tert-OH is 2. The molecule has 0 amide bonds. The van der Waals surface area contributed by atoms with Crippen LogP contribution in [0.4, 0.5) is 0 Å². The molecule has 0 radical (unpaired) electrons. The first kappa shape index (κ1) is 11.0. The summed E-state index contributed by atoms with van der Waals surface area (Å²) in [6.45, 7) is 3.65. The molecule has 0 saturated carbocycles. The van der Waals surface area contributed by atoms with Crippen LogP contribution in [0.2, 0.25) is 0 Å². The first-order valence-corrected chi connectivity index (χ1v) is 5.54. The number of hydrogen-bond acceptors (Lipinski definition) is 5. The number of hydrogen-bond donors (Lipinski definition) is 2. The quantitative estimate of drug-likeness (QED) is 0.735. The lowest BCUT2D eigenvalue weighted by molar-refractivity contribution is -0.254. The number of fused-ring (bicyclic) bond motifs is 2. The minimum absolute atomic E-state index is 0.141. The van der Waals surface area contributed by atoms with E-state index in [1.807, 2.05) is 0 Å². The van der Waals surface area contributed by atoms with Crippen molar-refractivity contribution in [1.82, 2.24) is 0 Å². The van der Waals surface area contributed by atoms with Gasteiger partial charge < -0.3 is 24.1 Å². The van der Waals surface area contributed by atoms with Gasteiger partial charge in [-0.3, -0.25) is 0 Å². The van der Waals surface area contributed by atoms with E-state index in [1.165, 1.54) is 6.26 Å². The van der Waals surface area contributed by atoms with E-state index in [-0.39, 0.29) is 6.42 Å². The molecule has 0 aromatic carbocycles. The highest BCUT2D eigenvalue weighted by atomic mass is 16.8. The fourth-order valence-corrected chi connectivity index (χ4v) is 2.47. The molecule has 3 heterocycles. The van der Waals surface area contributed by atoms with Crippen molar-refractivity contribution in [2.24, 2.45) is 0 Å². The molecule has 2 bridgehead atoms.